The molecule has 1 N–H and O–H groups in total. The number of fused-ring (bicyclic) bond motifs is 1. The third kappa shape index (κ3) is 3.38. The van der Waals surface area contributed by atoms with Crippen molar-refractivity contribution in [3.8, 4) is 0 Å². The Morgan fingerprint density at radius 2 is 1.83 bits per heavy atom. The van der Waals surface area contributed by atoms with E-state index < -0.39 is 0 Å². The fraction of sp³-hybridized carbons (Fsp3) is 0.500. The van der Waals surface area contributed by atoms with Gasteiger partial charge in [-0.25, -0.2) is 0 Å². The van der Waals surface area contributed by atoms with Crippen molar-refractivity contribution in [1.29, 1.82) is 0 Å². The number of likely N-dealkylation sites (tertiary alicyclic amines) is 1. The van der Waals surface area contributed by atoms with Gasteiger partial charge in [0.25, 0.3) is 0 Å². The molecule has 1 aliphatic carbocycles. The van der Waals surface area contributed by atoms with E-state index >= 15 is 0 Å². The van der Waals surface area contributed by atoms with Crippen LogP contribution in [0, 0.1) is 18.8 Å². The number of hydrogen-bond acceptors (Lipinski definition) is 3. The average Bonchev–Trinajstić information content (AvgIpc) is 2.81. The number of carbonyl (C=O) groups is 3. The molecule has 128 valence electrons. The van der Waals surface area contributed by atoms with Gasteiger partial charge in [0.2, 0.25) is 17.7 Å². The fourth-order valence-corrected chi connectivity index (χ4v) is 3.86. The lowest BCUT2D eigenvalue weighted by molar-refractivity contribution is -0.140. The highest BCUT2D eigenvalue weighted by molar-refractivity contribution is 9.10. The maximum absolute atomic E-state index is 12.4. The minimum Gasteiger partial charge on any atom is -0.326 e. The van der Waals surface area contributed by atoms with E-state index in [9.17, 15) is 14.4 Å². The van der Waals surface area contributed by atoms with Crippen LogP contribution in [0.15, 0.2) is 22.7 Å². The van der Waals surface area contributed by atoms with Gasteiger partial charge in [-0.1, -0.05) is 28.8 Å². The summed E-state index contributed by atoms with van der Waals surface area (Å²) in [6, 6.07) is 5.57. The summed E-state index contributed by atoms with van der Waals surface area (Å²) in [6.45, 7) is 2.12. The minimum absolute atomic E-state index is 0.0861. The molecule has 1 aromatic carbocycles. The topological polar surface area (TPSA) is 66.5 Å². The largest absolute Gasteiger partial charge is 0.326 e. The first-order chi connectivity index (χ1) is 11.5. The predicted octanol–water partition coefficient (Wildman–Crippen LogP) is 3.26. The van der Waals surface area contributed by atoms with Crippen molar-refractivity contribution < 1.29 is 14.4 Å². The zero-order chi connectivity index (χ0) is 17.3. The SMILES string of the molecule is Cc1cc(NC(=O)CCN2C(=O)C3CCCCC3C2=O)ccc1Br. The van der Waals surface area contributed by atoms with Crippen molar-refractivity contribution in [2.24, 2.45) is 11.8 Å². The van der Waals surface area contributed by atoms with Gasteiger partial charge in [0.05, 0.1) is 11.8 Å². The predicted molar refractivity (Wildman–Crippen MR) is 94.3 cm³/mol. The van der Waals surface area contributed by atoms with E-state index in [1.165, 1.54) is 4.90 Å². The average molecular weight is 393 g/mol. The first kappa shape index (κ1) is 17.1. The third-order valence-electron chi connectivity index (χ3n) is 4.94. The highest BCUT2D eigenvalue weighted by Gasteiger charge is 2.47. The second-order valence-corrected chi connectivity index (χ2v) is 7.44. The minimum atomic E-state index is -0.188. The number of nitrogens with one attached hydrogen (secondary N) is 1. The van der Waals surface area contributed by atoms with E-state index in [0.29, 0.717) is 5.69 Å². The zero-order valence-corrected chi connectivity index (χ0v) is 15.3. The van der Waals surface area contributed by atoms with Gasteiger partial charge in [0.1, 0.15) is 0 Å². The standard InChI is InChI=1S/C18H21BrN2O3/c1-11-10-12(6-7-15(11)19)20-16(22)8-9-21-17(23)13-4-2-3-5-14(13)18(21)24/h6-7,10,13-14H,2-5,8-9H2,1H3,(H,20,22). The second kappa shape index (κ2) is 7.05. The second-order valence-electron chi connectivity index (χ2n) is 6.59. The Kier molecular flexibility index (Phi) is 5.04. The van der Waals surface area contributed by atoms with Gasteiger partial charge in [0.15, 0.2) is 0 Å². The molecule has 0 aromatic heterocycles. The molecule has 2 fully saturated rings. The summed E-state index contributed by atoms with van der Waals surface area (Å²) in [4.78, 5) is 38.2. The van der Waals surface area contributed by atoms with E-state index in [-0.39, 0.29) is 42.5 Å². The van der Waals surface area contributed by atoms with Gasteiger partial charge in [-0.2, -0.15) is 0 Å². The Labute approximate surface area is 149 Å². The molecule has 24 heavy (non-hydrogen) atoms. The number of benzene rings is 1. The van der Waals surface area contributed by atoms with Crippen LogP contribution in [0.4, 0.5) is 5.69 Å². The number of aryl methyl sites for hydroxylation is 1. The molecule has 2 atom stereocenters. The lowest BCUT2D eigenvalue weighted by atomic mass is 9.81. The van der Waals surface area contributed by atoms with Crippen LogP contribution in [0.3, 0.4) is 0 Å². The van der Waals surface area contributed by atoms with Crippen molar-refractivity contribution in [1.82, 2.24) is 4.90 Å². The molecule has 5 nitrogen and oxygen atoms in total. The van der Waals surface area contributed by atoms with Crippen LogP contribution in [-0.2, 0) is 14.4 Å². The van der Waals surface area contributed by atoms with E-state index in [1.54, 1.807) is 0 Å². The molecule has 2 unspecified atom stereocenters. The number of anilines is 1. The molecule has 0 radical (unpaired) electrons. The van der Waals surface area contributed by atoms with Crippen LogP contribution in [-0.4, -0.2) is 29.2 Å². The summed E-state index contributed by atoms with van der Waals surface area (Å²) in [6.07, 6.45) is 3.76. The maximum Gasteiger partial charge on any atom is 0.233 e. The van der Waals surface area contributed by atoms with E-state index in [2.05, 4.69) is 21.2 Å². The van der Waals surface area contributed by atoms with Crippen LogP contribution in [0.1, 0.15) is 37.7 Å². The lowest BCUT2D eigenvalue weighted by Gasteiger charge is -2.19. The van der Waals surface area contributed by atoms with Gasteiger partial charge in [-0.15, -0.1) is 0 Å². The molecule has 0 spiro atoms. The normalized spacial score (nSPS) is 23.3. The number of hydrogen-bond donors (Lipinski definition) is 1. The molecule has 1 saturated heterocycles. The van der Waals surface area contributed by atoms with Crippen molar-refractivity contribution in [2.45, 2.75) is 39.0 Å². The van der Waals surface area contributed by atoms with E-state index in [0.717, 1.165) is 35.7 Å². The summed E-state index contributed by atoms with van der Waals surface area (Å²) in [5.74, 6) is -0.659. The Hall–Kier alpha value is -1.69. The first-order valence-electron chi connectivity index (χ1n) is 8.38. The molecule has 2 aliphatic rings. The van der Waals surface area contributed by atoms with Crippen LogP contribution in [0.25, 0.3) is 0 Å². The van der Waals surface area contributed by atoms with Crippen molar-refractivity contribution in [2.75, 3.05) is 11.9 Å². The highest BCUT2D eigenvalue weighted by atomic mass is 79.9. The van der Waals surface area contributed by atoms with E-state index in [1.807, 2.05) is 25.1 Å². The highest BCUT2D eigenvalue weighted by Crippen LogP contribution is 2.37. The number of carbonyl (C=O) groups excluding carboxylic acids is 3. The molecular formula is C18H21BrN2O3. The maximum atomic E-state index is 12.4. The Bertz CT molecular complexity index is 665. The summed E-state index contributed by atoms with van der Waals surface area (Å²) < 4.78 is 0.983. The fourth-order valence-electron chi connectivity index (χ4n) is 3.61. The lowest BCUT2D eigenvalue weighted by Crippen LogP contribution is -2.34. The van der Waals surface area contributed by atoms with Crippen LogP contribution < -0.4 is 5.32 Å². The van der Waals surface area contributed by atoms with Gasteiger partial charge in [0, 0.05) is 23.1 Å². The van der Waals surface area contributed by atoms with Gasteiger partial charge in [-0.3, -0.25) is 19.3 Å². The number of amides is 3. The number of imide groups is 1. The van der Waals surface area contributed by atoms with Gasteiger partial charge >= 0.3 is 0 Å². The Morgan fingerprint density at radius 3 is 2.42 bits per heavy atom. The summed E-state index contributed by atoms with van der Waals surface area (Å²) in [5, 5.41) is 2.82. The molecule has 6 heteroatoms. The van der Waals surface area contributed by atoms with E-state index in [4.69, 9.17) is 0 Å². The Morgan fingerprint density at radius 1 is 1.21 bits per heavy atom. The molecule has 1 saturated carbocycles. The quantitative estimate of drug-likeness (QED) is 0.799. The summed E-state index contributed by atoms with van der Waals surface area (Å²) in [5.41, 5.74) is 1.75. The molecule has 1 aromatic rings. The molecule has 1 heterocycles. The monoisotopic (exact) mass is 392 g/mol. The number of rotatable bonds is 4. The third-order valence-corrected chi connectivity index (χ3v) is 5.83. The molecule has 3 amide bonds. The van der Waals surface area contributed by atoms with Gasteiger partial charge in [-0.05, 0) is 43.5 Å². The molecular weight excluding hydrogens is 372 g/mol. The van der Waals surface area contributed by atoms with Crippen LogP contribution >= 0.6 is 15.9 Å². The summed E-state index contributed by atoms with van der Waals surface area (Å²) >= 11 is 3.42. The van der Waals surface area contributed by atoms with Crippen molar-refractivity contribution >= 4 is 39.3 Å². The summed E-state index contributed by atoms with van der Waals surface area (Å²) in [7, 11) is 0. The van der Waals surface area contributed by atoms with Gasteiger partial charge < -0.3 is 5.32 Å². The Balaban J connectivity index is 1.57. The first-order valence-corrected chi connectivity index (χ1v) is 9.18. The molecule has 3 rings (SSSR count). The smallest absolute Gasteiger partial charge is 0.233 e. The molecule has 1 aliphatic heterocycles. The van der Waals surface area contributed by atoms with Crippen molar-refractivity contribution in [3.63, 3.8) is 0 Å². The zero-order valence-electron chi connectivity index (χ0n) is 13.7. The molecule has 0 bridgehead atoms. The van der Waals surface area contributed by atoms with Crippen LogP contribution in [0.5, 0.6) is 0 Å². The van der Waals surface area contributed by atoms with Crippen molar-refractivity contribution in [3.05, 3.63) is 28.2 Å². The van der Waals surface area contributed by atoms with Crippen LogP contribution in [0.2, 0.25) is 0 Å². The number of nitrogens with zero attached hydrogens (tertiary/aromatic N) is 1. The number of halogens is 1.